The number of amides is 1. The highest BCUT2D eigenvalue weighted by molar-refractivity contribution is 5.76. The number of carbonyl (C=O) groups excluding carboxylic acids is 1. The lowest BCUT2D eigenvalue weighted by atomic mass is 9.90. The van der Waals surface area contributed by atoms with Gasteiger partial charge in [-0.1, -0.05) is 18.2 Å². The number of rotatable bonds is 2. The number of carbonyl (C=O) groups is 1. The van der Waals surface area contributed by atoms with Crippen molar-refractivity contribution in [3.63, 3.8) is 0 Å². The number of aryl methyl sites for hydroxylation is 1. The van der Waals surface area contributed by atoms with E-state index in [1.165, 1.54) is 16.3 Å². The summed E-state index contributed by atoms with van der Waals surface area (Å²) in [5, 5.41) is 0. The molecule has 1 fully saturated rings. The molecule has 3 heterocycles. The van der Waals surface area contributed by atoms with Crippen molar-refractivity contribution in [1.82, 2.24) is 14.5 Å². The van der Waals surface area contributed by atoms with Crippen LogP contribution in [0, 0.1) is 0 Å². The van der Waals surface area contributed by atoms with Crippen LogP contribution in [0.3, 0.4) is 0 Å². The van der Waals surface area contributed by atoms with Crippen LogP contribution in [0.15, 0.2) is 47.5 Å². The minimum absolute atomic E-state index is 0.0271. The van der Waals surface area contributed by atoms with E-state index in [9.17, 15) is 9.59 Å². The number of aromatic nitrogens is 2. The van der Waals surface area contributed by atoms with E-state index in [0.29, 0.717) is 13.1 Å². The van der Waals surface area contributed by atoms with E-state index in [4.69, 9.17) is 4.74 Å². The maximum Gasteiger partial charge on any atom is 0.347 e. The molecule has 1 aromatic heterocycles. The predicted octanol–water partition coefficient (Wildman–Crippen LogP) is 1.24. The Morgan fingerprint density at radius 1 is 1.25 bits per heavy atom. The second kappa shape index (κ2) is 5.78. The van der Waals surface area contributed by atoms with Gasteiger partial charge >= 0.3 is 5.69 Å². The van der Waals surface area contributed by atoms with Gasteiger partial charge in [-0.2, -0.15) is 0 Å². The summed E-state index contributed by atoms with van der Waals surface area (Å²) in [6.07, 6.45) is 5.74. The van der Waals surface area contributed by atoms with Gasteiger partial charge in [0.2, 0.25) is 5.91 Å². The highest BCUT2D eigenvalue weighted by atomic mass is 16.5. The Hall–Kier alpha value is -2.63. The molecule has 1 saturated heterocycles. The predicted molar refractivity (Wildman–Crippen MR) is 87.8 cm³/mol. The van der Waals surface area contributed by atoms with Crippen LogP contribution >= 0.6 is 0 Å². The normalized spacial score (nSPS) is 22.2. The summed E-state index contributed by atoms with van der Waals surface area (Å²) >= 11 is 0. The van der Waals surface area contributed by atoms with Crippen molar-refractivity contribution in [3.8, 4) is 5.75 Å². The smallest absolute Gasteiger partial charge is 0.347 e. The van der Waals surface area contributed by atoms with Crippen LogP contribution in [-0.2, 0) is 17.8 Å². The molecule has 4 rings (SSSR count). The molecule has 2 aromatic rings. The molecule has 6 heteroatoms. The van der Waals surface area contributed by atoms with Gasteiger partial charge < -0.3 is 9.64 Å². The monoisotopic (exact) mass is 325 g/mol. The second-order valence-electron chi connectivity index (χ2n) is 6.49. The van der Waals surface area contributed by atoms with Gasteiger partial charge in [0, 0.05) is 25.4 Å². The Morgan fingerprint density at radius 2 is 2.12 bits per heavy atom. The lowest BCUT2D eigenvalue weighted by Gasteiger charge is -2.35. The second-order valence-corrected chi connectivity index (χ2v) is 6.49. The van der Waals surface area contributed by atoms with E-state index in [1.54, 1.807) is 17.2 Å². The van der Waals surface area contributed by atoms with Crippen LogP contribution < -0.4 is 10.4 Å². The van der Waals surface area contributed by atoms with Gasteiger partial charge in [0.1, 0.15) is 17.9 Å². The van der Waals surface area contributed by atoms with Crippen LogP contribution in [-0.4, -0.2) is 39.0 Å². The van der Waals surface area contributed by atoms with Crippen molar-refractivity contribution in [1.29, 1.82) is 0 Å². The number of fused-ring (bicyclic) bond motifs is 1. The number of likely N-dealkylation sites (tertiary alicyclic amines) is 1. The third kappa shape index (κ3) is 2.68. The Balaban J connectivity index is 1.46. The molecule has 1 unspecified atom stereocenters. The lowest BCUT2D eigenvalue weighted by Crippen LogP contribution is -2.44. The first-order valence-electron chi connectivity index (χ1n) is 8.21. The Morgan fingerprint density at radius 3 is 3.00 bits per heavy atom. The molecule has 6 nitrogen and oxygen atoms in total. The number of ether oxygens (including phenoxy) is 1. The summed E-state index contributed by atoms with van der Waals surface area (Å²) in [5.41, 5.74) is 0.543. The number of hydrogen-bond acceptors (Lipinski definition) is 4. The molecular formula is C18H19N3O3. The van der Waals surface area contributed by atoms with E-state index in [-0.39, 0.29) is 18.1 Å². The van der Waals surface area contributed by atoms with Crippen LogP contribution in [0.2, 0.25) is 0 Å². The molecule has 124 valence electrons. The molecule has 0 bridgehead atoms. The Labute approximate surface area is 139 Å². The van der Waals surface area contributed by atoms with Gasteiger partial charge in [0.05, 0.1) is 6.54 Å². The van der Waals surface area contributed by atoms with Gasteiger partial charge in [0.25, 0.3) is 0 Å². The number of nitrogens with zero attached hydrogens (tertiary/aromatic N) is 3. The third-order valence-electron chi connectivity index (χ3n) is 4.91. The summed E-state index contributed by atoms with van der Waals surface area (Å²) in [5.74, 6) is 0.867. The van der Waals surface area contributed by atoms with E-state index in [1.807, 2.05) is 18.2 Å². The molecule has 1 amide bonds. The molecule has 24 heavy (non-hydrogen) atoms. The van der Waals surface area contributed by atoms with Gasteiger partial charge in [-0.3, -0.25) is 9.36 Å². The standard InChI is InChI=1S/C18H19N3O3/c22-16(12-20-10-3-9-19-17(20)23)21-11-8-18(13-21)7-6-14-4-1-2-5-15(14)24-18/h1-5,9-10H,6-8,11-13H2. The molecule has 0 aliphatic carbocycles. The molecule has 2 aliphatic rings. The summed E-state index contributed by atoms with van der Waals surface area (Å²) < 4.78 is 7.60. The molecule has 1 aromatic carbocycles. The van der Waals surface area contributed by atoms with E-state index in [0.717, 1.165) is 25.0 Å². The molecule has 2 aliphatic heterocycles. The quantitative estimate of drug-likeness (QED) is 0.833. The maximum atomic E-state index is 12.5. The van der Waals surface area contributed by atoms with E-state index < -0.39 is 5.69 Å². The van der Waals surface area contributed by atoms with Crippen LogP contribution in [0.4, 0.5) is 0 Å². The lowest BCUT2D eigenvalue weighted by molar-refractivity contribution is -0.131. The molecule has 1 atom stereocenters. The van der Waals surface area contributed by atoms with Crippen molar-refractivity contribution in [2.45, 2.75) is 31.4 Å². The van der Waals surface area contributed by atoms with Gasteiger partial charge in [-0.25, -0.2) is 9.78 Å². The van der Waals surface area contributed by atoms with Crippen LogP contribution in [0.25, 0.3) is 0 Å². The van der Waals surface area contributed by atoms with Gasteiger partial charge in [-0.05, 0) is 30.5 Å². The average Bonchev–Trinajstić information content (AvgIpc) is 3.00. The Bertz CT molecular complexity index is 832. The first kappa shape index (κ1) is 14.9. The van der Waals surface area contributed by atoms with E-state index in [2.05, 4.69) is 11.1 Å². The number of para-hydroxylation sites is 1. The van der Waals surface area contributed by atoms with E-state index >= 15 is 0 Å². The van der Waals surface area contributed by atoms with Crippen molar-refractivity contribution >= 4 is 5.91 Å². The first-order chi connectivity index (χ1) is 11.7. The third-order valence-corrected chi connectivity index (χ3v) is 4.91. The van der Waals surface area contributed by atoms with Crippen molar-refractivity contribution in [3.05, 3.63) is 58.8 Å². The highest BCUT2D eigenvalue weighted by Gasteiger charge is 2.43. The molecule has 0 saturated carbocycles. The van der Waals surface area contributed by atoms with Gasteiger partial charge in [-0.15, -0.1) is 0 Å². The minimum Gasteiger partial charge on any atom is -0.485 e. The maximum absolute atomic E-state index is 12.5. The fourth-order valence-electron chi connectivity index (χ4n) is 3.55. The topological polar surface area (TPSA) is 64.4 Å². The molecule has 0 N–H and O–H groups in total. The zero-order valence-corrected chi connectivity index (χ0v) is 13.4. The fourth-order valence-corrected chi connectivity index (χ4v) is 3.55. The first-order valence-corrected chi connectivity index (χ1v) is 8.21. The summed E-state index contributed by atoms with van der Waals surface area (Å²) in [6, 6.07) is 9.74. The van der Waals surface area contributed by atoms with Crippen molar-refractivity contribution in [2.75, 3.05) is 13.1 Å². The molecular weight excluding hydrogens is 306 g/mol. The zero-order valence-electron chi connectivity index (χ0n) is 13.4. The average molecular weight is 325 g/mol. The molecule has 0 radical (unpaired) electrons. The van der Waals surface area contributed by atoms with Crippen LogP contribution in [0.5, 0.6) is 5.75 Å². The SMILES string of the molecule is O=C(Cn1cccnc1=O)N1CCC2(CCc3ccccc3O2)C1. The fraction of sp³-hybridized carbons (Fsp3) is 0.389. The summed E-state index contributed by atoms with van der Waals surface area (Å²) in [4.78, 5) is 29.7. The molecule has 1 spiro atoms. The van der Waals surface area contributed by atoms with Crippen molar-refractivity contribution < 1.29 is 9.53 Å². The van der Waals surface area contributed by atoms with Crippen LogP contribution in [0.1, 0.15) is 18.4 Å². The summed E-state index contributed by atoms with van der Waals surface area (Å²) in [7, 11) is 0. The highest BCUT2D eigenvalue weighted by Crippen LogP contribution is 2.38. The minimum atomic E-state index is -0.400. The zero-order chi connectivity index (χ0) is 16.6. The van der Waals surface area contributed by atoms with Gasteiger partial charge in [0.15, 0.2) is 0 Å². The van der Waals surface area contributed by atoms with Crippen molar-refractivity contribution in [2.24, 2.45) is 0 Å². The largest absolute Gasteiger partial charge is 0.485 e. The number of benzene rings is 1. The Kier molecular flexibility index (Phi) is 3.59. The number of hydrogen-bond donors (Lipinski definition) is 0. The summed E-state index contributed by atoms with van der Waals surface area (Å²) in [6.45, 7) is 1.27.